The molecule has 1 rings (SSSR count). The summed E-state index contributed by atoms with van der Waals surface area (Å²) in [6, 6.07) is 0. The molecule has 0 aromatic heterocycles. The van der Waals surface area contributed by atoms with Gasteiger partial charge in [0, 0.05) is 20.0 Å². The fourth-order valence-corrected chi connectivity index (χ4v) is 1.87. The Kier molecular flexibility index (Phi) is 4.74. The Morgan fingerprint density at radius 1 is 1.38 bits per heavy atom. The lowest BCUT2D eigenvalue weighted by molar-refractivity contribution is -0.136. The molecule has 1 fully saturated rings. The molecule has 0 radical (unpaired) electrons. The minimum Gasteiger partial charge on any atom is -0.394 e. The Bertz CT molecular complexity index is 235. The van der Waals surface area contributed by atoms with E-state index in [4.69, 9.17) is 0 Å². The Morgan fingerprint density at radius 3 is 2.44 bits per heavy atom. The van der Waals surface area contributed by atoms with Gasteiger partial charge in [-0.2, -0.15) is 0 Å². The summed E-state index contributed by atoms with van der Waals surface area (Å²) in [6.45, 7) is 6.85. The van der Waals surface area contributed by atoms with E-state index in [0.717, 1.165) is 19.6 Å². The lowest BCUT2D eigenvalue weighted by atomic mass is 10.0. The molecule has 0 saturated carbocycles. The molecule has 1 saturated heterocycles. The fraction of sp³-hybridized carbons (Fsp3) is 0.917. The second-order valence-electron chi connectivity index (χ2n) is 5.22. The zero-order chi connectivity index (χ0) is 12.2. The number of hydrogen-bond donors (Lipinski definition) is 1. The van der Waals surface area contributed by atoms with Gasteiger partial charge >= 0.3 is 0 Å². The van der Waals surface area contributed by atoms with Gasteiger partial charge < -0.3 is 14.9 Å². The quantitative estimate of drug-likeness (QED) is 0.753. The molecule has 0 aliphatic carbocycles. The molecule has 0 spiro atoms. The zero-order valence-corrected chi connectivity index (χ0v) is 10.7. The number of aliphatic hydroxyl groups is 1. The number of aliphatic hydroxyl groups excluding tert-OH is 1. The van der Waals surface area contributed by atoms with Crippen molar-refractivity contribution in [2.75, 3.05) is 33.3 Å². The molecular weight excluding hydrogens is 204 g/mol. The van der Waals surface area contributed by atoms with Crippen LogP contribution in [-0.2, 0) is 4.79 Å². The van der Waals surface area contributed by atoms with Crippen LogP contribution in [0.25, 0.3) is 0 Å². The average molecular weight is 228 g/mol. The molecule has 16 heavy (non-hydrogen) atoms. The Balaban J connectivity index is 2.33. The summed E-state index contributed by atoms with van der Waals surface area (Å²) in [6.07, 6.45) is 3.07. The van der Waals surface area contributed by atoms with Crippen molar-refractivity contribution in [3.05, 3.63) is 0 Å². The molecule has 0 unspecified atom stereocenters. The molecule has 4 nitrogen and oxygen atoms in total. The molecule has 1 aliphatic heterocycles. The Morgan fingerprint density at radius 2 is 1.94 bits per heavy atom. The topological polar surface area (TPSA) is 43.8 Å². The number of amides is 1. The summed E-state index contributed by atoms with van der Waals surface area (Å²) in [4.78, 5) is 15.9. The number of rotatable bonds is 5. The monoisotopic (exact) mass is 228 g/mol. The molecule has 0 bridgehead atoms. The summed E-state index contributed by atoms with van der Waals surface area (Å²) in [5.41, 5.74) is -0.456. The minimum absolute atomic E-state index is 0.00104. The molecular formula is C12H24N2O2. The molecule has 4 heteroatoms. The maximum absolute atomic E-state index is 11.9. The van der Waals surface area contributed by atoms with Gasteiger partial charge in [0.25, 0.3) is 0 Å². The van der Waals surface area contributed by atoms with Gasteiger partial charge in [-0.3, -0.25) is 4.79 Å². The lowest BCUT2D eigenvalue weighted by Crippen LogP contribution is -2.48. The molecule has 1 heterocycles. The minimum atomic E-state index is -0.456. The first kappa shape index (κ1) is 13.5. The smallest absolute Gasteiger partial charge is 0.224 e. The van der Waals surface area contributed by atoms with E-state index in [9.17, 15) is 9.90 Å². The number of hydrogen-bond acceptors (Lipinski definition) is 3. The van der Waals surface area contributed by atoms with Crippen LogP contribution in [0.1, 0.15) is 33.1 Å². The highest BCUT2D eigenvalue weighted by atomic mass is 16.3. The zero-order valence-electron chi connectivity index (χ0n) is 10.7. The lowest BCUT2D eigenvalue weighted by Gasteiger charge is -2.34. The molecule has 0 aromatic carbocycles. The number of carbonyl (C=O) groups excluding carboxylic acids is 1. The van der Waals surface area contributed by atoms with Crippen LogP contribution in [-0.4, -0.2) is 59.6 Å². The fourth-order valence-electron chi connectivity index (χ4n) is 1.87. The summed E-state index contributed by atoms with van der Waals surface area (Å²) in [5.74, 6) is 0.117. The second-order valence-corrected chi connectivity index (χ2v) is 5.22. The Labute approximate surface area is 98.2 Å². The van der Waals surface area contributed by atoms with Crippen LogP contribution < -0.4 is 0 Å². The van der Waals surface area contributed by atoms with E-state index in [1.165, 1.54) is 12.8 Å². The molecule has 1 N–H and O–H groups in total. The van der Waals surface area contributed by atoms with Crippen LogP contribution in [0.15, 0.2) is 0 Å². The summed E-state index contributed by atoms with van der Waals surface area (Å²) >= 11 is 0. The highest BCUT2D eigenvalue weighted by molar-refractivity contribution is 5.76. The summed E-state index contributed by atoms with van der Waals surface area (Å²) in [5, 5.41) is 9.19. The van der Waals surface area contributed by atoms with Gasteiger partial charge in [-0.05, 0) is 39.8 Å². The molecule has 0 atom stereocenters. The van der Waals surface area contributed by atoms with Crippen molar-refractivity contribution in [2.24, 2.45) is 0 Å². The first-order valence-electron chi connectivity index (χ1n) is 6.07. The molecule has 0 aromatic rings. The Hall–Kier alpha value is -0.610. The largest absolute Gasteiger partial charge is 0.394 e. The predicted molar refractivity (Wildman–Crippen MR) is 64.2 cm³/mol. The number of carbonyl (C=O) groups is 1. The standard InChI is InChI=1S/C12H24N2O2/c1-12(2,10-15)13(3)11(16)6-9-14-7-4-5-8-14/h15H,4-10H2,1-3H3. The highest BCUT2D eigenvalue weighted by Gasteiger charge is 2.26. The van der Waals surface area contributed by atoms with Crippen LogP contribution in [0.5, 0.6) is 0 Å². The van der Waals surface area contributed by atoms with E-state index < -0.39 is 5.54 Å². The maximum atomic E-state index is 11.9. The first-order chi connectivity index (χ1) is 7.47. The number of likely N-dealkylation sites (N-methyl/N-ethyl adjacent to an activating group) is 1. The van der Waals surface area contributed by atoms with Crippen molar-refractivity contribution in [2.45, 2.75) is 38.6 Å². The highest BCUT2D eigenvalue weighted by Crippen LogP contribution is 2.13. The van der Waals surface area contributed by atoms with Gasteiger partial charge in [-0.1, -0.05) is 0 Å². The van der Waals surface area contributed by atoms with E-state index in [-0.39, 0.29) is 12.5 Å². The van der Waals surface area contributed by atoms with Gasteiger partial charge in [0.15, 0.2) is 0 Å². The van der Waals surface area contributed by atoms with E-state index in [2.05, 4.69) is 4.90 Å². The van der Waals surface area contributed by atoms with Crippen LogP contribution in [0.4, 0.5) is 0 Å². The summed E-state index contributed by atoms with van der Waals surface area (Å²) < 4.78 is 0. The second kappa shape index (κ2) is 5.64. The third-order valence-electron chi connectivity index (χ3n) is 3.51. The van der Waals surface area contributed by atoms with Crippen molar-refractivity contribution in [3.63, 3.8) is 0 Å². The number of nitrogens with zero attached hydrogens (tertiary/aromatic N) is 2. The van der Waals surface area contributed by atoms with Gasteiger partial charge in [0.05, 0.1) is 12.1 Å². The van der Waals surface area contributed by atoms with E-state index in [1.807, 2.05) is 13.8 Å². The van der Waals surface area contributed by atoms with Gasteiger partial charge in [-0.25, -0.2) is 0 Å². The van der Waals surface area contributed by atoms with Crippen LogP contribution in [0.3, 0.4) is 0 Å². The van der Waals surface area contributed by atoms with E-state index >= 15 is 0 Å². The number of likely N-dealkylation sites (tertiary alicyclic amines) is 1. The van der Waals surface area contributed by atoms with Crippen molar-refractivity contribution in [1.29, 1.82) is 0 Å². The molecule has 1 amide bonds. The first-order valence-corrected chi connectivity index (χ1v) is 6.07. The predicted octanol–water partition coefficient (Wildman–Crippen LogP) is 0.702. The SMILES string of the molecule is CN(C(=O)CCN1CCCC1)C(C)(C)CO. The van der Waals surface area contributed by atoms with Crippen molar-refractivity contribution in [1.82, 2.24) is 9.80 Å². The van der Waals surface area contributed by atoms with Crippen molar-refractivity contribution >= 4 is 5.91 Å². The summed E-state index contributed by atoms with van der Waals surface area (Å²) in [7, 11) is 1.77. The van der Waals surface area contributed by atoms with Crippen molar-refractivity contribution in [3.8, 4) is 0 Å². The van der Waals surface area contributed by atoms with Crippen molar-refractivity contribution < 1.29 is 9.90 Å². The van der Waals surface area contributed by atoms with Crippen LogP contribution in [0.2, 0.25) is 0 Å². The van der Waals surface area contributed by atoms with Gasteiger partial charge in [0.2, 0.25) is 5.91 Å². The average Bonchev–Trinajstić information content (AvgIpc) is 2.77. The molecule has 1 aliphatic rings. The van der Waals surface area contributed by atoms with E-state index in [0.29, 0.717) is 6.42 Å². The maximum Gasteiger partial charge on any atom is 0.224 e. The van der Waals surface area contributed by atoms with Gasteiger partial charge in [-0.15, -0.1) is 0 Å². The molecule has 94 valence electrons. The van der Waals surface area contributed by atoms with Crippen LogP contribution in [0, 0.1) is 0 Å². The third kappa shape index (κ3) is 3.46. The van der Waals surface area contributed by atoms with E-state index in [1.54, 1.807) is 11.9 Å². The van der Waals surface area contributed by atoms with Crippen LogP contribution >= 0.6 is 0 Å². The normalized spacial score (nSPS) is 17.8. The van der Waals surface area contributed by atoms with Gasteiger partial charge in [0.1, 0.15) is 0 Å². The third-order valence-corrected chi connectivity index (χ3v) is 3.51.